The molecule has 0 saturated heterocycles. The van der Waals surface area contributed by atoms with Crippen LogP contribution in [0.1, 0.15) is 26.2 Å². The van der Waals surface area contributed by atoms with Gasteiger partial charge in [-0.3, -0.25) is 0 Å². The first-order valence-electron chi connectivity index (χ1n) is 4.24. The molecule has 0 spiro atoms. The Hall–Kier alpha value is 0.310. The molecule has 2 heteroatoms. The highest BCUT2D eigenvalue weighted by molar-refractivity contribution is 7.99. The molecular weight excluding hydrogens is 142 g/mol. The molecule has 0 aromatic heterocycles. The van der Waals surface area contributed by atoms with Gasteiger partial charge in [-0.15, -0.1) is 0 Å². The quantitative estimate of drug-likeness (QED) is 0.594. The van der Waals surface area contributed by atoms with E-state index in [-0.39, 0.29) is 0 Å². The van der Waals surface area contributed by atoms with Crippen LogP contribution in [-0.2, 0) is 0 Å². The molecule has 1 aliphatic rings. The van der Waals surface area contributed by atoms with Crippen LogP contribution in [0.25, 0.3) is 0 Å². The van der Waals surface area contributed by atoms with Gasteiger partial charge in [-0.2, -0.15) is 11.8 Å². The Kier molecular flexibility index (Phi) is 4.23. The third-order valence-electron chi connectivity index (χ3n) is 1.61. The summed E-state index contributed by atoms with van der Waals surface area (Å²) in [4.78, 5) is 0. The van der Waals surface area contributed by atoms with Gasteiger partial charge < -0.3 is 5.32 Å². The molecule has 1 rings (SSSR count). The normalized spacial score (nSPS) is 17.7. The van der Waals surface area contributed by atoms with E-state index in [1.165, 1.54) is 37.3 Å². The molecule has 10 heavy (non-hydrogen) atoms. The molecule has 0 amide bonds. The Labute approximate surface area is 68.0 Å². The predicted octanol–water partition coefficient (Wildman–Crippen LogP) is 1.88. The van der Waals surface area contributed by atoms with E-state index in [0.29, 0.717) is 0 Å². The molecule has 0 radical (unpaired) electrons. The van der Waals surface area contributed by atoms with E-state index in [0.717, 1.165) is 6.04 Å². The van der Waals surface area contributed by atoms with Crippen molar-refractivity contribution in [3.05, 3.63) is 0 Å². The van der Waals surface area contributed by atoms with Crippen molar-refractivity contribution in [2.45, 2.75) is 32.2 Å². The SMILES string of the molecule is CCCSCCNC1CC1. The van der Waals surface area contributed by atoms with Crippen LogP contribution in [0.3, 0.4) is 0 Å². The van der Waals surface area contributed by atoms with E-state index < -0.39 is 0 Å². The zero-order chi connectivity index (χ0) is 7.23. The van der Waals surface area contributed by atoms with Gasteiger partial charge in [0.25, 0.3) is 0 Å². The van der Waals surface area contributed by atoms with Gasteiger partial charge in [-0.05, 0) is 25.0 Å². The van der Waals surface area contributed by atoms with E-state index in [2.05, 4.69) is 24.0 Å². The molecule has 1 nitrogen and oxygen atoms in total. The molecule has 1 saturated carbocycles. The molecule has 1 fully saturated rings. The van der Waals surface area contributed by atoms with Gasteiger partial charge in [0.05, 0.1) is 0 Å². The van der Waals surface area contributed by atoms with E-state index >= 15 is 0 Å². The van der Waals surface area contributed by atoms with Crippen molar-refractivity contribution in [2.24, 2.45) is 0 Å². The Morgan fingerprint density at radius 1 is 1.40 bits per heavy atom. The number of rotatable bonds is 6. The summed E-state index contributed by atoms with van der Waals surface area (Å²) in [5, 5.41) is 3.49. The van der Waals surface area contributed by atoms with Crippen LogP contribution < -0.4 is 5.32 Å². The van der Waals surface area contributed by atoms with Crippen molar-refractivity contribution in [3.63, 3.8) is 0 Å². The summed E-state index contributed by atoms with van der Waals surface area (Å²) in [5.41, 5.74) is 0. The minimum Gasteiger partial charge on any atom is -0.313 e. The van der Waals surface area contributed by atoms with Crippen molar-refractivity contribution in [1.82, 2.24) is 5.32 Å². The highest BCUT2D eigenvalue weighted by Crippen LogP contribution is 2.18. The fraction of sp³-hybridized carbons (Fsp3) is 1.00. The van der Waals surface area contributed by atoms with Crippen LogP contribution in [0, 0.1) is 0 Å². The highest BCUT2D eigenvalue weighted by atomic mass is 32.2. The van der Waals surface area contributed by atoms with Crippen molar-refractivity contribution in [2.75, 3.05) is 18.1 Å². The minimum atomic E-state index is 0.891. The molecule has 60 valence electrons. The average molecular weight is 159 g/mol. The Morgan fingerprint density at radius 3 is 2.80 bits per heavy atom. The molecule has 1 N–H and O–H groups in total. The Bertz CT molecular complexity index is 81.3. The first-order chi connectivity index (χ1) is 4.93. The maximum Gasteiger partial charge on any atom is 0.00685 e. The Balaban J connectivity index is 1.68. The van der Waals surface area contributed by atoms with Gasteiger partial charge in [-0.1, -0.05) is 6.92 Å². The fourth-order valence-corrected chi connectivity index (χ4v) is 1.62. The molecule has 0 bridgehead atoms. The summed E-state index contributed by atoms with van der Waals surface area (Å²) in [6.45, 7) is 3.46. The fourth-order valence-electron chi connectivity index (χ4n) is 0.869. The summed E-state index contributed by atoms with van der Waals surface area (Å²) in [6, 6.07) is 0.891. The zero-order valence-corrected chi connectivity index (χ0v) is 7.54. The van der Waals surface area contributed by atoms with Crippen molar-refractivity contribution >= 4 is 11.8 Å². The van der Waals surface area contributed by atoms with Gasteiger partial charge in [0.2, 0.25) is 0 Å². The molecule has 0 aromatic carbocycles. The zero-order valence-electron chi connectivity index (χ0n) is 6.73. The van der Waals surface area contributed by atoms with Crippen molar-refractivity contribution in [3.8, 4) is 0 Å². The lowest BCUT2D eigenvalue weighted by Gasteiger charge is -2.00. The second kappa shape index (κ2) is 5.03. The molecule has 0 aliphatic heterocycles. The standard InChI is InChI=1S/C8H17NS/c1-2-6-10-7-5-9-8-3-4-8/h8-9H,2-7H2,1H3. The first-order valence-corrected chi connectivity index (χ1v) is 5.40. The molecular formula is C8H17NS. The van der Waals surface area contributed by atoms with Crippen molar-refractivity contribution < 1.29 is 0 Å². The van der Waals surface area contributed by atoms with Gasteiger partial charge in [0.1, 0.15) is 0 Å². The van der Waals surface area contributed by atoms with Crippen LogP contribution >= 0.6 is 11.8 Å². The summed E-state index contributed by atoms with van der Waals surface area (Å²) >= 11 is 2.06. The third-order valence-corrected chi connectivity index (χ3v) is 2.79. The topological polar surface area (TPSA) is 12.0 Å². The molecule has 1 aliphatic carbocycles. The largest absolute Gasteiger partial charge is 0.313 e. The summed E-state index contributed by atoms with van der Waals surface area (Å²) in [6.07, 6.45) is 4.14. The second-order valence-corrected chi connectivity index (χ2v) is 4.07. The first kappa shape index (κ1) is 8.41. The summed E-state index contributed by atoms with van der Waals surface area (Å²) < 4.78 is 0. The van der Waals surface area contributed by atoms with Gasteiger partial charge in [0, 0.05) is 18.3 Å². The lowest BCUT2D eigenvalue weighted by Crippen LogP contribution is -2.19. The van der Waals surface area contributed by atoms with Crippen molar-refractivity contribution in [1.29, 1.82) is 0 Å². The molecule has 0 unspecified atom stereocenters. The number of hydrogen-bond acceptors (Lipinski definition) is 2. The van der Waals surface area contributed by atoms with Gasteiger partial charge in [0.15, 0.2) is 0 Å². The number of hydrogen-bond donors (Lipinski definition) is 1. The third kappa shape index (κ3) is 4.18. The lowest BCUT2D eigenvalue weighted by atomic mass is 10.6. The van der Waals surface area contributed by atoms with E-state index in [9.17, 15) is 0 Å². The number of nitrogens with one attached hydrogen (secondary N) is 1. The monoisotopic (exact) mass is 159 g/mol. The smallest absolute Gasteiger partial charge is 0.00685 e. The maximum absolute atomic E-state index is 3.49. The van der Waals surface area contributed by atoms with Gasteiger partial charge >= 0.3 is 0 Å². The summed E-state index contributed by atoms with van der Waals surface area (Å²) in [5.74, 6) is 2.62. The lowest BCUT2D eigenvalue weighted by molar-refractivity contribution is 0.726. The summed E-state index contributed by atoms with van der Waals surface area (Å²) in [7, 11) is 0. The van der Waals surface area contributed by atoms with Crippen LogP contribution in [0.2, 0.25) is 0 Å². The average Bonchev–Trinajstić information content (AvgIpc) is 2.71. The van der Waals surface area contributed by atoms with Crippen LogP contribution in [0.4, 0.5) is 0 Å². The van der Waals surface area contributed by atoms with Crippen LogP contribution in [-0.4, -0.2) is 24.1 Å². The molecule has 0 aromatic rings. The number of thioether (sulfide) groups is 1. The van der Waals surface area contributed by atoms with Crippen LogP contribution in [0.15, 0.2) is 0 Å². The highest BCUT2D eigenvalue weighted by Gasteiger charge is 2.19. The molecule has 0 atom stereocenters. The van der Waals surface area contributed by atoms with E-state index in [1.54, 1.807) is 0 Å². The molecule has 0 heterocycles. The van der Waals surface area contributed by atoms with E-state index in [1.807, 2.05) is 0 Å². The maximum atomic E-state index is 3.49. The van der Waals surface area contributed by atoms with Gasteiger partial charge in [-0.25, -0.2) is 0 Å². The Morgan fingerprint density at radius 2 is 2.20 bits per heavy atom. The minimum absolute atomic E-state index is 0.891. The predicted molar refractivity (Wildman–Crippen MR) is 48.6 cm³/mol. The van der Waals surface area contributed by atoms with E-state index in [4.69, 9.17) is 0 Å². The second-order valence-electron chi connectivity index (χ2n) is 2.84. The van der Waals surface area contributed by atoms with Crippen LogP contribution in [0.5, 0.6) is 0 Å².